The second kappa shape index (κ2) is 8.22. The van der Waals surface area contributed by atoms with Gasteiger partial charge in [-0.1, -0.05) is 6.92 Å². The molecule has 0 aliphatic rings. The van der Waals surface area contributed by atoms with Crippen molar-refractivity contribution >= 4 is 22.7 Å². The number of carbonyl (C=O) groups is 2. The van der Waals surface area contributed by atoms with Gasteiger partial charge in [0, 0.05) is 23.0 Å². The smallest absolute Gasteiger partial charge is 0.321 e. The molecular formula is C11H20O5S. The summed E-state index contributed by atoms with van der Waals surface area (Å²) in [6.07, 6.45) is 0.493. The zero-order valence-electron chi connectivity index (χ0n) is 10.5. The largest absolute Gasteiger partial charge is 0.481 e. The van der Waals surface area contributed by atoms with Crippen LogP contribution < -0.4 is 0 Å². The summed E-state index contributed by atoms with van der Waals surface area (Å²) in [4.78, 5) is 21.9. The lowest BCUT2D eigenvalue weighted by Gasteiger charge is -2.15. The molecule has 100 valence electrons. The molecule has 0 radical (unpaired) electrons. The number of esters is 1. The molecule has 5 nitrogen and oxygen atoms in total. The highest BCUT2D eigenvalue weighted by molar-refractivity contribution is 7.86. The van der Waals surface area contributed by atoms with Gasteiger partial charge in [0.1, 0.15) is 5.25 Å². The Labute approximate surface area is 104 Å². The molecule has 2 atom stereocenters. The first-order chi connectivity index (χ1) is 7.88. The van der Waals surface area contributed by atoms with Gasteiger partial charge in [-0.25, -0.2) is 0 Å². The van der Waals surface area contributed by atoms with Crippen molar-refractivity contribution in [3.63, 3.8) is 0 Å². The van der Waals surface area contributed by atoms with Crippen LogP contribution in [0.1, 0.15) is 40.0 Å². The van der Waals surface area contributed by atoms with Crippen LogP contribution in [0.2, 0.25) is 0 Å². The number of carboxylic acid groups (broad SMARTS) is 1. The van der Waals surface area contributed by atoms with Crippen molar-refractivity contribution in [3.05, 3.63) is 0 Å². The Kier molecular flexibility index (Phi) is 7.78. The fourth-order valence-corrected chi connectivity index (χ4v) is 2.63. The van der Waals surface area contributed by atoms with E-state index in [4.69, 9.17) is 9.84 Å². The van der Waals surface area contributed by atoms with Gasteiger partial charge in [-0.3, -0.25) is 13.8 Å². The lowest BCUT2D eigenvalue weighted by molar-refractivity contribution is -0.146. The van der Waals surface area contributed by atoms with Gasteiger partial charge in [0.05, 0.1) is 6.10 Å². The molecule has 6 heteroatoms. The summed E-state index contributed by atoms with van der Waals surface area (Å²) in [7, 11) is -1.36. The molecule has 0 aliphatic heterocycles. The summed E-state index contributed by atoms with van der Waals surface area (Å²) in [6, 6.07) is 0. The summed E-state index contributed by atoms with van der Waals surface area (Å²) < 4.78 is 16.8. The van der Waals surface area contributed by atoms with E-state index in [0.717, 1.165) is 0 Å². The first kappa shape index (κ1) is 16.1. The Morgan fingerprint density at radius 2 is 1.94 bits per heavy atom. The number of hydrogen-bond donors (Lipinski definition) is 1. The molecule has 0 aromatic heterocycles. The Morgan fingerprint density at radius 3 is 2.35 bits per heavy atom. The van der Waals surface area contributed by atoms with Crippen LogP contribution in [0.15, 0.2) is 0 Å². The van der Waals surface area contributed by atoms with E-state index >= 15 is 0 Å². The molecule has 0 spiro atoms. The van der Waals surface area contributed by atoms with E-state index in [9.17, 15) is 13.8 Å². The number of aliphatic carboxylic acids is 1. The monoisotopic (exact) mass is 264 g/mol. The molecule has 0 rings (SSSR count). The highest BCUT2D eigenvalue weighted by Gasteiger charge is 2.25. The number of hydrogen-bond acceptors (Lipinski definition) is 4. The Bertz CT molecular complexity index is 288. The van der Waals surface area contributed by atoms with Gasteiger partial charge in [0.25, 0.3) is 0 Å². The summed E-state index contributed by atoms with van der Waals surface area (Å²) >= 11 is 0. The number of carboxylic acids is 1. The Morgan fingerprint density at radius 1 is 1.35 bits per heavy atom. The van der Waals surface area contributed by atoms with Crippen LogP contribution in [0.25, 0.3) is 0 Å². The Hall–Kier alpha value is -0.910. The minimum absolute atomic E-state index is 0.0264. The van der Waals surface area contributed by atoms with Crippen molar-refractivity contribution in [3.8, 4) is 0 Å². The maximum Gasteiger partial charge on any atom is 0.321 e. The Balaban J connectivity index is 4.20. The average molecular weight is 264 g/mol. The van der Waals surface area contributed by atoms with Crippen molar-refractivity contribution in [1.82, 2.24) is 0 Å². The molecule has 0 aromatic carbocycles. The number of ether oxygens (including phenoxy) is 1. The molecule has 2 unspecified atom stereocenters. The van der Waals surface area contributed by atoms with Crippen LogP contribution in [0, 0.1) is 0 Å². The van der Waals surface area contributed by atoms with Crippen molar-refractivity contribution in [2.75, 3.05) is 5.75 Å². The van der Waals surface area contributed by atoms with E-state index < -0.39 is 28.0 Å². The topological polar surface area (TPSA) is 80.7 Å². The van der Waals surface area contributed by atoms with E-state index in [2.05, 4.69) is 0 Å². The molecule has 0 aliphatic carbocycles. The van der Waals surface area contributed by atoms with Crippen molar-refractivity contribution in [1.29, 1.82) is 0 Å². The SMILES string of the molecule is CCC(C(=O)OC(C)C)S(=O)CCCC(=O)O. The minimum Gasteiger partial charge on any atom is -0.481 e. The minimum atomic E-state index is -1.36. The lowest BCUT2D eigenvalue weighted by atomic mass is 10.3. The molecule has 0 heterocycles. The van der Waals surface area contributed by atoms with Gasteiger partial charge >= 0.3 is 11.9 Å². The van der Waals surface area contributed by atoms with Gasteiger partial charge in [-0.05, 0) is 26.7 Å². The molecule has 0 saturated heterocycles. The maximum atomic E-state index is 11.8. The van der Waals surface area contributed by atoms with E-state index in [0.29, 0.717) is 12.8 Å². The highest BCUT2D eigenvalue weighted by Crippen LogP contribution is 2.09. The predicted octanol–water partition coefficient (Wildman–Crippen LogP) is 1.33. The molecule has 17 heavy (non-hydrogen) atoms. The van der Waals surface area contributed by atoms with Crippen LogP contribution in [0.4, 0.5) is 0 Å². The average Bonchev–Trinajstić information content (AvgIpc) is 2.16. The lowest BCUT2D eigenvalue weighted by Crippen LogP contribution is -2.30. The number of carbonyl (C=O) groups excluding carboxylic acids is 1. The van der Waals surface area contributed by atoms with Gasteiger partial charge in [-0.2, -0.15) is 0 Å². The fraction of sp³-hybridized carbons (Fsp3) is 0.818. The molecule has 0 saturated carbocycles. The van der Waals surface area contributed by atoms with E-state index in [-0.39, 0.29) is 18.3 Å². The first-order valence-electron chi connectivity index (χ1n) is 5.68. The van der Waals surface area contributed by atoms with Crippen LogP contribution in [-0.4, -0.2) is 38.4 Å². The standard InChI is InChI=1S/C11H20O5S/c1-4-9(11(14)16-8(2)3)17(15)7-5-6-10(12)13/h8-9H,4-7H2,1-3H3,(H,12,13). The molecule has 0 amide bonds. The second-order valence-corrected chi connectivity index (χ2v) is 5.70. The number of rotatable bonds is 8. The highest BCUT2D eigenvalue weighted by atomic mass is 32.2. The van der Waals surface area contributed by atoms with E-state index in [1.54, 1.807) is 20.8 Å². The second-order valence-electron chi connectivity index (χ2n) is 3.96. The third-order valence-corrected chi connectivity index (χ3v) is 3.89. The van der Waals surface area contributed by atoms with Crippen molar-refractivity contribution < 1.29 is 23.6 Å². The quantitative estimate of drug-likeness (QED) is 0.669. The van der Waals surface area contributed by atoms with E-state index in [1.165, 1.54) is 0 Å². The van der Waals surface area contributed by atoms with Gasteiger partial charge in [-0.15, -0.1) is 0 Å². The molecule has 0 fully saturated rings. The van der Waals surface area contributed by atoms with Crippen molar-refractivity contribution in [2.45, 2.75) is 51.4 Å². The van der Waals surface area contributed by atoms with Crippen LogP contribution in [-0.2, 0) is 25.1 Å². The van der Waals surface area contributed by atoms with Crippen LogP contribution >= 0.6 is 0 Å². The third kappa shape index (κ3) is 7.10. The van der Waals surface area contributed by atoms with Crippen LogP contribution in [0.5, 0.6) is 0 Å². The van der Waals surface area contributed by atoms with E-state index in [1.807, 2.05) is 0 Å². The van der Waals surface area contributed by atoms with Gasteiger partial charge in [0.2, 0.25) is 0 Å². The maximum absolute atomic E-state index is 11.8. The molecule has 0 aromatic rings. The molecular weight excluding hydrogens is 244 g/mol. The van der Waals surface area contributed by atoms with Gasteiger partial charge < -0.3 is 9.84 Å². The predicted molar refractivity (Wildman–Crippen MR) is 65.2 cm³/mol. The summed E-state index contributed by atoms with van der Waals surface area (Å²) in [5.74, 6) is -1.16. The zero-order chi connectivity index (χ0) is 13.4. The van der Waals surface area contributed by atoms with Crippen molar-refractivity contribution in [2.24, 2.45) is 0 Å². The zero-order valence-corrected chi connectivity index (χ0v) is 11.3. The first-order valence-corrected chi connectivity index (χ1v) is 7.06. The van der Waals surface area contributed by atoms with Gasteiger partial charge in [0.15, 0.2) is 0 Å². The summed E-state index contributed by atoms with van der Waals surface area (Å²) in [5, 5.41) is 7.81. The molecule has 1 N–H and O–H groups in total. The normalized spacial score (nSPS) is 14.4. The fourth-order valence-electron chi connectivity index (χ4n) is 1.28. The third-order valence-electron chi connectivity index (χ3n) is 2.04. The van der Waals surface area contributed by atoms with Crippen LogP contribution in [0.3, 0.4) is 0 Å². The summed E-state index contributed by atoms with van der Waals surface area (Å²) in [6.45, 7) is 5.23. The molecule has 0 bridgehead atoms. The summed E-state index contributed by atoms with van der Waals surface area (Å²) in [5.41, 5.74) is 0.